The largest absolute Gasteiger partial charge is 0.443 e. The number of carbonyl (C=O) groups is 1. The Hall–Kier alpha value is -1.33. The number of hydrogen-bond acceptors (Lipinski definition) is 4. The number of amides is 1. The van der Waals surface area contributed by atoms with E-state index in [-0.39, 0.29) is 12.2 Å². The van der Waals surface area contributed by atoms with Gasteiger partial charge in [-0.1, -0.05) is 13.0 Å². The van der Waals surface area contributed by atoms with E-state index in [0.717, 1.165) is 5.57 Å². The Morgan fingerprint density at radius 2 is 2.00 bits per heavy atom. The van der Waals surface area contributed by atoms with Crippen molar-refractivity contribution in [2.45, 2.75) is 39.6 Å². The van der Waals surface area contributed by atoms with Gasteiger partial charge < -0.3 is 14.2 Å². The lowest BCUT2D eigenvalue weighted by molar-refractivity contribution is -0.0177. The van der Waals surface area contributed by atoms with Gasteiger partial charge in [-0.2, -0.15) is 0 Å². The molecule has 1 unspecified atom stereocenters. The lowest BCUT2D eigenvalue weighted by Gasteiger charge is -2.28. The number of carbonyl (C=O) groups excluding carboxylic acids is 1. The molecule has 0 aliphatic carbocycles. The molecule has 1 atom stereocenters. The first kappa shape index (κ1) is 14.1. The van der Waals surface area contributed by atoms with Crippen LogP contribution < -0.4 is 0 Å². The molecular formula is C14H21NO4. The van der Waals surface area contributed by atoms with Crippen molar-refractivity contribution in [3.8, 4) is 0 Å². The highest BCUT2D eigenvalue weighted by Gasteiger charge is 2.29. The maximum Gasteiger partial charge on any atom is 0.418 e. The maximum absolute atomic E-state index is 12.0. The molecule has 0 saturated carbocycles. The Morgan fingerprint density at radius 3 is 2.58 bits per heavy atom. The van der Waals surface area contributed by atoms with Crippen LogP contribution in [0.5, 0.6) is 0 Å². The molecule has 5 nitrogen and oxygen atoms in total. The summed E-state index contributed by atoms with van der Waals surface area (Å²) in [6, 6.07) is 0. The van der Waals surface area contributed by atoms with E-state index in [9.17, 15) is 4.79 Å². The van der Waals surface area contributed by atoms with Crippen LogP contribution in [0.3, 0.4) is 0 Å². The summed E-state index contributed by atoms with van der Waals surface area (Å²) in [4.78, 5) is 13.4. The second kappa shape index (κ2) is 5.35. The fourth-order valence-corrected chi connectivity index (χ4v) is 1.91. The van der Waals surface area contributed by atoms with Crippen molar-refractivity contribution in [2.75, 3.05) is 13.2 Å². The van der Waals surface area contributed by atoms with Crippen molar-refractivity contribution in [1.82, 2.24) is 4.90 Å². The Balaban J connectivity index is 2.09. The van der Waals surface area contributed by atoms with Crippen molar-refractivity contribution in [3.63, 3.8) is 0 Å². The van der Waals surface area contributed by atoms with Crippen molar-refractivity contribution in [2.24, 2.45) is 5.92 Å². The van der Waals surface area contributed by atoms with Crippen LogP contribution >= 0.6 is 0 Å². The summed E-state index contributed by atoms with van der Waals surface area (Å²) in [6.45, 7) is 8.74. The van der Waals surface area contributed by atoms with Crippen LogP contribution in [0.4, 0.5) is 4.79 Å². The molecule has 19 heavy (non-hydrogen) atoms. The molecule has 0 radical (unpaired) electrons. The lowest BCUT2D eigenvalue weighted by Crippen LogP contribution is -2.33. The topological polar surface area (TPSA) is 48.0 Å². The first-order valence-electron chi connectivity index (χ1n) is 6.51. The summed E-state index contributed by atoms with van der Waals surface area (Å²) < 4.78 is 16.3. The minimum absolute atomic E-state index is 0.182. The summed E-state index contributed by atoms with van der Waals surface area (Å²) in [5, 5.41) is 0. The predicted molar refractivity (Wildman–Crippen MR) is 70.2 cm³/mol. The predicted octanol–water partition coefficient (Wildman–Crippen LogP) is 2.64. The molecule has 1 saturated heterocycles. The van der Waals surface area contributed by atoms with Crippen molar-refractivity contribution >= 4 is 6.09 Å². The van der Waals surface area contributed by atoms with Crippen LogP contribution in [0, 0.1) is 5.92 Å². The molecule has 106 valence electrons. The van der Waals surface area contributed by atoms with E-state index in [4.69, 9.17) is 14.2 Å². The summed E-state index contributed by atoms with van der Waals surface area (Å²) in [7, 11) is 0. The second-order valence-electron chi connectivity index (χ2n) is 5.72. The maximum atomic E-state index is 12.0. The van der Waals surface area contributed by atoms with Gasteiger partial charge in [0.2, 0.25) is 0 Å². The molecule has 1 amide bonds. The van der Waals surface area contributed by atoms with Gasteiger partial charge in [0.1, 0.15) is 5.60 Å². The fraction of sp³-hybridized carbons (Fsp3) is 0.643. The molecular weight excluding hydrogens is 246 g/mol. The van der Waals surface area contributed by atoms with E-state index in [1.165, 1.54) is 4.90 Å². The number of hydrogen-bond donors (Lipinski definition) is 0. The summed E-state index contributed by atoms with van der Waals surface area (Å²) >= 11 is 0. The lowest BCUT2D eigenvalue weighted by atomic mass is 9.99. The Bertz CT molecular complexity index is 402. The van der Waals surface area contributed by atoms with E-state index in [2.05, 4.69) is 0 Å². The zero-order chi connectivity index (χ0) is 14.0. The number of nitrogens with zero attached hydrogens (tertiary/aromatic N) is 1. The third-order valence-electron chi connectivity index (χ3n) is 2.85. The minimum atomic E-state index is -0.512. The molecule has 1 fully saturated rings. The van der Waals surface area contributed by atoms with E-state index in [1.54, 1.807) is 12.4 Å². The van der Waals surface area contributed by atoms with Crippen LogP contribution in [0.15, 0.2) is 24.0 Å². The van der Waals surface area contributed by atoms with Gasteiger partial charge in [-0.15, -0.1) is 0 Å². The van der Waals surface area contributed by atoms with Gasteiger partial charge in [-0.3, -0.25) is 4.90 Å². The molecule has 0 bridgehead atoms. The van der Waals surface area contributed by atoms with Crippen LogP contribution in [0.2, 0.25) is 0 Å². The van der Waals surface area contributed by atoms with Gasteiger partial charge in [-0.25, -0.2) is 4.79 Å². The molecule has 0 spiro atoms. The van der Waals surface area contributed by atoms with E-state index < -0.39 is 11.7 Å². The SMILES string of the molecule is CC1C=CN(C(=O)OC(C)(C)C)C=C1C1OCCO1. The zero-order valence-corrected chi connectivity index (χ0v) is 11.9. The van der Waals surface area contributed by atoms with Crippen molar-refractivity contribution in [3.05, 3.63) is 24.0 Å². The van der Waals surface area contributed by atoms with Crippen molar-refractivity contribution in [1.29, 1.82) is 0 Å². The number of rotatable bonds is 1. The highest BCUT2D eigenvalue weighted by molar-refractivity contribution is 5.71. The third kappa shape index (κ3) is 3.58. The molecule has 0 aromatic rings. The summed E-state index contributed by atoms with van der Waals surface area (Å²) in [6.07, 6.45) is 4.65. The van der Waals surface area contributed by atoms with Gasteiger partial charge in [0, 0.05) is 23.9 Å². The minimum Gasteiger partial charge on any atom is -0.443 e. The van der Waals surface area contributed by atoms with Gasteiger partial charge in [0.15, 0.2) is 6.29 Å². The average molecular weight is 267 g/mol. The quantitative estimate of drug-likeness (QED) is 0.732. The summed E-state index contributed by atoms with van der Waals surface area (Å²) in [5.74, 6) is 0.182. The summed E-state index contributed by atoms with van der Waals surface area (Å²) in [5.41, 5.74) is 0.424. The molecule has 2 heterocycles. The molecule has 2 aliphatic rings. The van der Waals surface area contributed by atoms with Crippen LogP contribution in [0.25, 0.3) is 0 Å². The van der Waals surface area contributed by atoms with Crippen molar-refractivity contribution < 1.29 is 19.0 Å². The molecule has 0 N–H and O–H groups in total. The van der Waals surface area contributed by atoms with E-state index >= 15 is 0 Å². The molecule has 5 heteroatoms. The average Bonchev–Trinajstić information content (AvgIpc) is 2.80. The van der Waals surface area contributed by atoms with Crippen LogP contribution in [0.1, 0.15) is 27.7 Å². The highest BCUT2D eigenvalue weighted by Crippen LogP contribution is 2.27. The Kier molecular flexibility index (Phi) is 3.96. The number of allylic oxidation sites excluding steroid dienone is 1. The smallest absolute Gasteiger partial charge is 0.418 e. The molecule has 0 aromatic carbocycles. The first-order chi connectivity index (χ1) is 8.87. The zero-order valence-electron chi connectivity index (χ0n) is 11.9. The van der Waals surface area contributed by atoms with Gasteiger partial charge in [-0.05, 0) is 20.8 Å². The third-order valence-corrected chi connectivity index (χ3v) is 2.85. The Morgan fingerprint density at radius 1 is 1.37 bits per heavy atom. The number of ether oxygens (including phenoxy) is 3. The second-order valence-corrected chi connectivity index (χ2v) is 5.72. The first-order valence-corrected chi connectivity index (χ1v) is 6.51. The fourth-order valence-electron chi connectivity index (χ4n) is 1.91. The molecule has 2 aliphatic heterocycles. The van der Waals surface area contributed by atoms with Crippen LogP contribution in [-0.2, 0) is 14.2 Å². The molecule has 2 rings (SSSR count). The van der Waals surface area contributed by atoms with Crippen LogP contribution in [-0.4, -0.2) is 36.1 Å². The standard InChI is InChI=1S/C14H21NO4/c1-10-5-6-15(13(16)19-14(2,3)4)9-11(10)12-17-7-8-18-12/h5-6,9-10,12H,7-8H2,1-4H3. The van der Waals surface area contributed by atoms with Gasteiger partial charge in [0.05, 0.1) is 13.2 Å². The van der Waals surface area contributed by atoms with E-state index in [1.807, 2.05) is 33.8 Å². The monoisotopic (exact) mass is 267 g/mol. The molecule has 0 aromatic heterocycles. The highest BCUT2D eigenvalue weighted by atomic mass is 16.7. The normalized spacial score (nSPS) is 24.5. The van der Waals surface area contributed by atoms with Gasteiger partial charge >= 0.3 is 6.09 Å². The van der Waals surface area contributed by atoms with E-state index in [0.29, 0.717) is 13.2 Å². The Labute approximate surface area is 113 Å². The van der Waals surface area contributed by atoms with Gasteiger partial charge in [0.25, 0.3) is 0 Å².